The van der Waals surface area contributed by atoms with Crippen LogP contribution in [0.2, 0.25) is 0 Å². The molecule has 0 aliphatic heterocycles. The molecule has 0 aliphatic carbocycles. The number of aliphatic carboxylic acids is 1. The second-order valence-electron chi connectivity index (χ2n) is 6.13. The van der Waals surface area contributed by atoms with E-state index in [0.717, 1.165) is 19.3 Å². The summed E-state index contributed by atoms with van der Waals surface area (Å²) in [5.41, 5.74) is 0. The smallest absolute Gasteiger partial charge is 0.332 e. The van der Waals surface area contributed by atoms with E-state index < -0.39 is 12.1 Å². The Bertz CT molecular complexity index is 264. The summed E-state index contributed by atoms with van der Waals surface area (Å²) in [5.74, 6) is -1.10. The predicted molar refractivity (Wildman–Crippen MR) is 98.6 cm³/mol. The average molecular weight is 366 g/mol. The molecule has 0 radical (unpaired) electrons. The van der Waals surface area contributed by atoms with Crippen molar-refractivity contribution in [2.75, 3.05) is 39.5 Å². The lowest BCUT2D eigenvalue weighted by atomic mass is 10.1. The van der Waals surface area contributed by atoms with Crippen molar-refractivity contribution in [3.05, 3.63) is 0 Å². The number of hydrogen-bond acceptors (Lipinski definition) is 6. The summed E-state index contributed by atoms with van der Waals surface area (Å²) in [4.78, 5) is 12.1. The Morgan fingerprint density at radius 2 is 1.20 bits per heavy atom. The molecule has 0 aromatic rings. The summed E-state index contributed by atoms with van der Waals surface area (Å²) in [6, 6.07) is 0. The molecule has 25 heavy (non-hydrogen) atoms. The van der Waals surface area contributed by atoms with Crippen LogP contribution in [0.5, 0.6) is 0 Å². The first kappa shape index (κ1) is 26.5. The number of nitrogens with zero attached hydrogens (tertiary/aromatic N) is 1. The fourth-order valence-electron chi connectivity index (χ4n) is 2.35. The van der Waals surface area contributed by atoms with Crippen LogP contribution in [0.15, 0.2) is 0 Å². The Kier molecular flexibility index (Phi) is 22.6. The van der Waals surface area contributed by atoms with E-state index in [1.165, 1.54) is 32.1 Å². The van der Waals surface area contributed by atoms with Crippen molar-refractivity contribution in [2.45, 2.75) is 70.8 Å². The molecule has 0 saturated carbocycles. The van der Waals surface area contributed by atoms with Gasteiger partial charge in [-0.15, -0.1) is 0 Å². The van der Waals surface area contributed by atoms with Crippen LogP contribution in [-0.2, 0) is 4.79 Å². The number of carbonyl (C=O) groups is 1. The predicted octanol–water partition coefficient (Wildman–Crippen LogP) is 1.23. The van der Waals surface area contributed by atoms with Gasteiger partial charge in [0.25, 0.3) is 0 Å². The zero-order valence-corrected chi connectivity index (χ0v) is 15.8. The number of rotatable bonds is 16. The zero-order chi connectivity index (χ0) is 19.3. The monoisotopic (exact) mass is 365 g/mol. The highest BCUT2D eigenvalue weighted by Gasteiger charge is 2.11. The maximum atomic E-state index is 10.3. The normalized spacial score (nSPS) is 11.9. The number of carboxylic acids is 1. The van der Waals surface area contributed by atoms with Crippen LogP contribution in [0, 0.1) is 0 Å². The van der Waals surface area contributed by atoms with Gasteiger partial charge < -0.3 is 25.5 Å². The molecule has 1 unspecified atom stereocenters. The number of unbranched alkanes of at least 4 members (excludes halogenated alkanes) is 7. The molecule has 0 bridgehead atoms. The molecule has 1 atom stereocenters. The molecule has 7 nitrogen and oxygen atoms in total. The van der Waals surface area contributed by atoms with Crippen LogP contribution in [0.4, 0.5) is 0 Å². The minimum Gasteiger partial charge on any atom is -0.479 e. The van der Waals surface area contributed by atoms with Crippen LogP contribution in [0.1, 0.15) is 64.7 Å². The molecule has 0 aliphatic rings. The summed E-state index contributed by atoms with van der Waals surface area (Å²) >= 11 is 0. The average Bonchev–Trinajstić information content (AvgIpc) is 2.58. The molecule has 0 saturated heterocycles. The van der Waals surface area contributed by atoms with Crippen molar-refractivity contribution < 1.29 is 30.3 Å². The molecule has 0 heterocycles. The van der Waals surface area contributed by atoms with Gasteiger partial charge in [0.1, 0.15) is 0 Å². The molecule has 0 amide bonds. The Morgan fingerprint density at radius 3 is 1.56 bits per heavy atom. The Morgan fingerprint density at radius 1 is 0.800 bits per heavy atom. The van der Waals surface area contributed by atoms with Crippen molar-refractivity contribution in [3.63, 3.8) is 0 Å². The van der Waals surface area contributed by atoms with E-state index in [0.29, 0.717) is 26.1 Å². The second-order valence-corrected chi connectivity index (χ2v) is 6.13. The van der Waals surface area contributed by atoms with Crippen LogP contribution in [0.25, 0.3) is 0 Å². The molecular formula is C18H39NO6. The number of aliphatic hydroxyl groups is 4. The van der Waals surface area contributed by atoms with Gasteiger partial charge in [-0.2, -0.15) is 0 Å². The molecule has 0 rings (SSSR count). The molecule has 0 aromatic heterocycles. The topological polar surface area (TPSA) is 121 Å². The van der Waals surface area contributed by atoms with Gasteiger partial charge in [-0.1, -0.05) is 58.3 Å². The van der Waals surface area contributed by atoms with Crippen LogP contribution < -0.4 is 0 Å². The lowest BCUT2D eigenvalue weighted by Gasteiger charge is -2.17. The number of hydrogen-bond donors (Lipinski definition) is 5. The summed E-state index contributed by atoms with van der Waals surface area (Å²) in [5, 5.41) is 42.9. The maximum Gasteiger partial charge on any atom is 0.332 e. The first-order valence-corrected chi connectivity index (χ1v) is 9.49. The van der Waals surface area contributed by atoms with Crippen molar-refractivity contribution in [1.29, 1.82) is 0 Å². The van der Waals surface area contributed by atoms with Crippen LogP contribution >= 0.6 is 0 Å². The highest BCUT2D eigenvalue weighted by atomic mass is 16.4. The van der Waals surface area contributed by atoms with Gasteiger partial charge in [-0.05, 0) is 6.42 Å². The van der Waals surface area contributed by atoms with Gasteiger partial charge in [0.05, 0.1) is 19.8 Å². The van der Waals surface area contributed by atoms with Crippen LogP contribution in [0.3, 0.4) is 0 Å². The third-order valence-corrected chi connectivity index (χ3v) is 3.86. The first-order chi connectivity index (χ1) is 12.0. The standard InChI is InChI=1S/C12H24O3.C6H15NO3/c1-2-3-4-5-6-7-8-9-10-11(13)12(14)15;8-4-1-7(2-5-9)3-6-10/h11,13H,2-10H2,1H3,(H,14,15);8-10H,1-6H2. The molecule has 7 heteroatoms. The fraction of sp³-hybridized carbons (Fsp3) is 0.944. The van der Waals surface area contributed by atoms with Gasteiger partial charge in [-0.3, -0.25) is 4.90 Å². The van der Waals surface area contributed by atoms with E-state index in [1.807, 2.05) is 0 Å². The summed E-state index contributed by atoms with van der Waals surface area (Å²) in [6.45, 7) is 3.96. The minimum atomic E-state index is -1.16. The lowest BCUT2D eigenvalue weighted by molar-refractivity contribution is -0.146. The summed E-state index contributed by atoms with van der Waals surface area (Å²) in [7, 11) is 0. The van der Waals surface area contributed by atoms with Gasteiger partial charge in [-0.25, -0.2) is 4.79 Å². The lowest BCUT2D eigenvalue weighted by Crippen LogP contribution is -2.32. The first-order valence-electron chi connectivity index (χ1n) is 9.49. The summed E-state index contributed by atoms with van der Waals surface area (Å²) < 4.78 is 0. The Balaban J connectivity index is 0. The largest absolute Gasteiger partial charge is 0.479 e. The Hall–Kier alpha value is -0.730. The van der Waals surface area contributed by atoms with Gasteiger partial charge >= 0.3 is 5.97 Å². The maximum absolute atomic E-state index is 10.3. The highest BCUT2D eigenvalue weighted by Crippen LogP contribution is 2.10. The molecule has 0 spiro atoms. The second kappa shape index (κ2) is 21.3. The van der Waals surface area contributed by atoms with Gasteiger partial charge in [0, 0.05) is 19.6 Å². The number of carboxylic acid groups (broad SMARTS) is 1. The van der Waals surface area contributed by atoms with Crippen molar-refractivity contribution in [3.8, 4) is 0 Å². The summed E-state index contributed by atoms with van der Waals surface area (Å²) in [6.07, 6.45) is 8.68. The van der Waals surface area contributed by atoms with Crippen molar-refractivity contribution >= 4 is 5.97 Å². The van der Waals surface area contributed by atoms with E-state index in [2.05, 4.69) is 6.92 Å². The molecule has 5 N–H and O–H groups in total. The van der Waals surface area contributed by atoms with Crippen molar-refractivity contribution in [2.24, 2.45) is 0 Å². The van der Waals surface area contributed by atoms with Gasteiger partial charge in [0.15, 0.2) is 6.10 Å². The molecular weight excluding hydrogens is 326 g/mol. The van der Waals surface area contributed by atoms with Crippen molar-refractivity contribution in [1.82, 2.24) is 4.90 Å². The third kappa shape index (κ3) is 21.2. The highest BCUT2D eigenvalue weighted by molar-refractivity contribution is 5.71. The van der Waals surface area contributed by atoms with E-state index in [-0.39, 0.29) is 19.8 Å². The molecule has 0 aromatic carbocycles. The number of aliphatic hydroxyl groups excluding tert-OH is 4. The molecule has 152 valence electrons. The van der Waals surface area contributed by atoms with E-state index in [1.54, 1.807) is 4.90 Å². The zero-order valence-electron chi connectivity index (χ0n) is 15.8. The SMILES string of the molecule is CCCCCCCCCCC(O)C(=O)O.OCCN(CCO)CCO. The van der Waals surface area contributed by atoms with Gasteiger partial charge in [0.2, 0.25) is 0 Å². The quantitative estimate of drug-likeness (QED) is 0.261. The van der Waals surface area contributed by atoms with E-state index in [4.69, 9.17) is 25.5 Å². The Labute approximate surface area is 152 Å². The third-order valence-electron chi connectivity index (χ3n) is 3.86. The fourth-order valence-corrected chi connectivity index (χ4v) is 2.35. The van der Waals surface area contributed by atoms with Crippen LogP contribution in [-0.4, -0.2) is 82.0 Å². The van der Waals surface area contributed by atoms with E-state index >= 15 is 0 Å². The van der Waals surface area contributed by atoms with E-state index in [9.17, 15) is 4.79 Å². The minimum absolute atomic E-state index is 0.0694. The molecule has 0 fully saturated rings.